The molecule has 3 aromatic rings. The first kappa shape index (κ1) is 24.2. The molecular formula is C24H29N7O4S. The van der Waals surface area contributed by atoms with Crippen molar-refractivity contribution in [1.82, 2.24) is 19.5 Å². The van der Waals surface area contributed by atoms with Crippen LogP contribution in [0.15, 0.2) is 47.6 Å². The average Bonchev–Trinajstić information content (AvgIpc) is 3.28. The van der Waals surface area contributed by atoms with E-state index in [1.165, 1.54) is 22.8 Å². The van der Waals surface area contributed by atoms with E-state index < -0.39 is 21.3 Å². The number of hydrogen-bond donors (Lipinski definition) is 3. The molecule has 1 fully saturated rings. The number of fused-ring (bicyclic) bond motifs is 1. The minimum Gasteiger partial charge on any atom is -0.398 e. The number of anilines is 3. The highest BCUT2D eigenvalue weighted by molar-refractivity contribution is 7.89. The van der Waals surface area contributed by atoms with Crippen molar-refractivity contribution in [2.75, 3.05) is 48.8 Å². The van der Waals surface area contributed by atoms with Gasteiger partial charge >= 0.3 is 0 Å². The molecule has 5 rings (SSSR count). The van der Waals surface area contributed by atoms with Crippen molar-refractivity contribution in [2.45, 2.75) is 30.7 Å². The maximum absolute atomic E-state index is 13.3. The fraction of sp³-hybridized carbons (Fsp3) is 0.375. The Hall–Kier alpha value is -3.48. The minimum atomic E-state index is -3.79. The van der Waals surface area contributed by atoms with Crippen molar-refractivity contribution in [1.29, 1.82) is 0 Å². The number of nitrogens with two attached hydrogens (primary N) is 1. The molecule has 4 N–H and O–H groups in total. The second-order valence-electron chi connectivity index (χ2n) is 9.60. The summed E-state index contributed by atoms with van der Waals surface area (Å²) in [6, 6.07) is 8.45. The second kappa shape index (κ2) is 9.19. The van der Waals surface area contributed by atoms with E-state index in [1.54, 1.807) is 18.2 Å². The van der Waals surface area contributed by atoms with Crippen molar-refractivity contribution in [2.24, 2.45) is 0 Å². The van der Waals surface area contributed by atoms with E-state index >= 15 is 0 Å². The topological polar surface area (TPSA) is 147 Å². The van der Waals surface area contributed by atoms with Gasteiger partial charge in [-0.05, 0) is 30.3 Å². The molecule has 0 radical (unpaired) electrons. The molecule has 0 atom stereocenters. The zero-order chi connectivity index (χ0) is 25.5. The Morgan fingerprint density at radius 1 is 1.22 bits per heavy atom. The van der Waals surface area contributed by atoms with E-state index in [0.29, 0.717) is 30.0 Å². The van der Waals surface area contributed by atoms with Crippen molar-refractivity contribution in [3.8, 4) is 0 Å². The van der Waals surface area contributed by atoms with E-state index in [9.17, 15) is 13.2 Å². The Morgan fingerprint density at radius 3 is 2.69 bits per heavy atom. The summed E-state index contributed by atoms with van der Waals surface area (Å²) in [7, 11) is -3.79. The Morgan fingerprint density at radius 2 is 2.00 bits per heavy atom. The highest BCUT2D eigenvalue weighted by Crippen LogP contribution is 2.38. The van der Waals surface area contributed by atoms with Gasteiger partial charge in [-0.25, -0.2) is 8.42 Å². The number of nitrogen functional groups attached to an aromatic ring is 1. The number of nitrogens with one attached hydrogen (secondary N) is 2. The molecule has 36 heavy (non-hydrogen) atoms. The monoisotopic (exact) mass is 511 g/mol. The van der Waals surface area contributed by atoms with Gasteiger partial charge in [-0.15, -0.1) is 0 Å². The molecule has 1 aromatic carbocycles. The highest BCUT2D eigenvalue weighted by Gasteiger charge is 2.41. The number of amides is 1. The molecule has 2 aromatic heterocycles. The van der Waals surface area contributed by atoms with Crippen LogP contribution in [0.25, 0.3) is 0 Å². The van der Waals surface area contributed by atoms with Crippen LogP contribution >= 0.6 is 0 Å². The number of aromatic amines is 1. The lowest BCUT2D eigenvalue weighted by molar-refractivity contribution is 0.102. The van der Waals surface area contributed by atoms with E-state index in [1.807, 2.05) is 19.9 Å². The quantitative estimate of drug-likeness (QED) is 0.441. The number of hydrogen-bond acceptors (Lipinski definition) is 8. The lowest BCUT2D eigenvalue weighted by atomic mass is 9.84. The summed E-state index contributed by atoms with van der Waals surface area (Å²) in [5.41, 5.74) is 8.69. The Bertz CT molecular complexity index is 1380. The maximum atomic E-state index is 13.3. The number of morpholine rings is 1. The van der Waals surface area contributed by atoms with Gasteiger partial charge in [-0.2, -0.15) is 9.40 Å². The van der Waals surface area contributed by atoms with Gasteiger partial charge in [0.1, 0.15) is 4.90 Å². The van der Waals surface area contributed by atoms with Crippen molar-refractivity contribution in [3.63, 3.8) is 0 Å². The molecule has 0 spiro atoms. The lowest BCUT2D eigenvalue weighted by Gasteiger charge is -2.36. The molecule has 2 aliphatic heterocycles. The van der Waals surface area contributed by atoms with Crippen molar-refractivity contribution in [3.05, 3.63) is 59.5 Å². The fourth-order valence-electron chi connectivity index (χ4n) is 4.70. The normalized spacial score (nSPS) is 18.0. The Balaban J connectivity index is 1.40. The molecule has 4 heterocycles. The molecule has 0 bridgehead atoms. The third-order valence-electron chi connectivity index (χ3n) is 6.61. The van der Waals surface area contributed by atoms with Crippen LogP contribution in [-0.4, -0.2) is 66.7 Å². The van der Waals surface area contributed by atoms with Gasteiger partial charge < -0.3 is 20.7 Å². The van der Waals surface area contributed by atoms with Gasteiger partial charge in [0.25, 0.3) is 5.91 Å². The summed E-state index contributed by atoms with van der Waals surface area (Å²) < 4.78 is 33.4. The largest absolute Gasteiger partial charge is 0.398 e. The van der Waals surface area contributed by atoms with Crippen LogP contribution in [0.1, 0.15) is 35.5 Å². The van der Waals surface area contributed by atoms with Gasteiger partial charge in [0.2, 0.25) is 10.0 Å². The van der Waals surface area contributed by atoms with Crippen LogP contribution in [0.3, 0.4) is 0 Å². The average molecular weight is 512 g/mol. The first-order valence-corrected chi connectivity index (χ1v) is 13.1. The molecule has 2 aliphatic rings. The first-order valence-electron chi connectivity index (χ1n) is 11.7. The summed E-state index contributed by atoms with van der Waals surface area (Å²) in [6.45, 7) is 7.01. The summed E-state index contributed by atoms with van der Waals surface area (Å²) in [5.74, 6) is -0.133. The molecule has 0 aliphatic carbocycles. The molecule has 12 heteroatoms. The number of carbonyl (C=O) groups excluding carboxylic acids is 1. The summed E-state index contributed by atoms with van der Waals surface area (Å²) >= 11 is 0. The second-order valence-corrected chi connectivity index (χ2v) is 11.5. The smallest absolute Gasteiger partial charge is 0.258 e. The third-order valence-corrected chi connectivity index (χ3v) is 8.39. The number of aromatic nitrogens is 3. The number of H-pyrrole nitrogens is 1. The number of pyridine rings is 1. The van der Waals surface area contributed by atoms with Crippen LogP contribution in [0, 0.1) is 0 Å². The van der Waals surface area contributed by atoms with Gasteiger partial charge in [0.05, 0.1) is 18.8 Å². The summed E-state index contributed by atoms with van der Waals surface area (Å²) in [4.78, 5) is 19.4. The zero-order valence-electron chi connectivity index (χ0n) is 20.2. The van der Waals surface area contributed by atoms with Crippen molar-refractivity contribution >= 4 is 33.1 Å². The van der Waals surface area contributed by atoms with Crippen LogP contribution in [-0.2, 0) is 26.7 Å². The highest BCUT2D eigenvalue weighted by atomic mass is 32.2. The van der Waals surface area contributed by atoms with E-state index in [2.05, 4.69) is 25.4 Å². The third kappa shape index (κ3) is 4.43. The molecule has 0 saturated carbocycles. The van der Waals surface area contributed by atoms with Crippen molar-refractivity contribution < 1.29 is 17.9 Å². The van der Waals surface area contributed by atoms with Crippen LogP contribution in [0.5, 0.6) is 0 Å². The standard InChI is InChI=1S/C24H29N7O4S/c1-24(2)15-31(36(33,34)17-4-3-7-26-13-17)14-19-21(24)28-29-22(19)27-23(32)18-6-5-16(12-20(18)25)30-8-10-35-11-9-30/h3-7,12-13H,8-11,14-15,25H2,1-2H3,(H2,27,28,29,32). The van der Waals surface area contributed by atoms with Gasteiger partial charge in [-0.1, -0.05) is 13.8 Å². The fourth-order valence-corrected chi connectivity index (χ4v) is 6.24. The van der Waals surface area contributed by atoms with Gasteiger partial charge in [-0.3, -0.25) is 14.9 Å². The Labute approximate surface area is 209 Å². The predicted octanol–water partition coefficient (Wildman–Crippen LogP) is 1.96. The number of nitrogens with zero attached hydrogens (tertiary/aromatic N) is 4. The van der Waals surface area contributed by atoms with Gasteiger partial charge in [0.15, 0.2) is 5.82 Å². The maximum Gasteiger partial charge on any atom is 0.258 e. The Kier molecular flexibility index (Phi) is 6.18. The molecule has 1 saturated heterocycles. The van der Waals surface area contributed by atoms with Crippen LogP contribution < -0.4 is 16.0 Å². The van der Waals surface area contributed by atoms with Crippen LogP contribution in [0.4, 0.5) is 17.2 Å². The number of carbonyl (C=O) groups is 1. The molecular weight excluding hydrogens is 482 g/mol. The predicted molar refractivity (Wildman–Crippen MR) is 135 cm³/mol. The summed E-state index contributed by atoms with van der Waals surface area (Å²) in [5, 5.41) is 10.1. The zero-order valence-corrected chi connectivity index (χ0v) is 21.0. The molecule has 11 nitrogen and oxygen atoms in total. The minimum absolute atomic E-state index is 0.0631. The van der Waals surface area contributed by atoms with E-state index in [0.717, 1.165) is 24.5 Å². The summed E-state index contributed by atoms with van der Waals surface area (Å²) in [6.07, 6.45) is 2.86. The van der Waals surface area contributed by atoms with E-state index in [4.69, 9.17) is 10.5 Å². The molecule has 190 valence electrons. The number of ether oxygens (including phenoxy) is 1. The SMILES string of the molecule is CC1(C)CN(S(=O)(=O)c2cccnc2)Cc2c(NC(=O)c3ccc(N4CCOCC4)cc3N)n[nH]c21. The number of benzene rings is 1. The van der Waals surface area contributed by atoms with Gasteiger partial charge in [0, 0.05) is 66.6 Å². The first-order chi connectivity index (χ1) is 17.2. The number of sulfonamides is 1. The van der Waals surface area contributed by atoms with Crippen LogP contribution in [0.2, 0.25) is 0 Å². The lowest BCUT2D eigenvalue weighted by Crippen LogP contribution is -2.45. The molecule has 0 unspecified atom stereocenters. The number of rotatable bonds is 5. The van der Waals surface area contributed by atoms with E-state index in [-0.39, 0.29) is 23.8 Å². The molecule has 1 amide bonds.